The van der Waals surface area contributed by atoms with Gasteiger partial charge in [0.25, 0.3) is 0 Å². The summed E-state index contributed by atoms with van der Waals surface area (Å²) in [5, 5.41) is 0.190. The topological polar surface area (TPSA) is 9.23 Å². The molecule has 0 amide bonds. The third kappa shape index (κ3) is 4.46. The van der Waals surface area contributed by atoms with Gasteiger partial charge in [-0.3, -0.25) is 0 Å². The maximum absolute atomic E-state index is 6.98. The molecular weight excluding hydrogens is 364 g/mol. The van der Waals surface area contributed by atoms with Crippen molar-refractivity contribution in [3.05, 3.63) is 58.6 Å². The molecule has 1 aromatic carbocycles. The van der Waals surface area contributed by atoms with Gasteiger partial charge in [0.15, 0.2) is 8.32 Å². The molecule has 0 aliphatic heterocycles. The normalized spacial score (nSPS) is 25.5. The minimum atomic E-state index is -1.90. The quantitative estimate of drug-likeness (QED) is 0.398. The lowest BCUT2D eigenvalue weighted by molar-refractivity contribution is 0.103. The Morgan fingerprint density at radius 1 is 1.00 bits per heavy atom. The molecule has 1 unspecified atom stereocenters. The SMILES string of the molecule is CC(C)(C)[Si](C)(C)OC1(c2ccc(Br)cc2)/C=C\CC/C=C\C1. The minimum Gasteiger partial charge on any atom is -0.404 e. The van der Waals surface area contributed by atoms with Crippen molar-refractivity contribution in [3.63, 3.8) is 0 Å². The van der Waals surface area contributed by atoms with Gasteiger partial charge in [-0.05, 0) is 48.7 Å². The van der Waals surface area contributed by atoms with Gasteiger partial charge in [-0.25, -0.2) is 0 Å². The molecule has 3 heteroatoms. The van der Waals surface area contributed by atoms with Gasteiger partial charge in [0.2, 0.25) is 0 Å². The summed E-state index contributed by atoms with van der Waals surface area (Å²) in [7, 11) is -1.90. The molecule has 0 saturated heterocycles. The molecule has 0 bridgehead atoms. The highest BCUT2D eigenvalue weighted by Crippen LogP contribution is 2.44. The average Bonchev–Trinajstić information content (AvgIpc) is 2.41. The van der Waals surface area contributed by atoms with Crippen LogP contribution in [-0.4, -0.2) is 8.32 Å². The van der Waals surface area contributed by atoms with Crippen LogP contribution >= 0.6 is 15.9 Å². The fourth-order valence-electron chi connectivity index (χ4n) is 2.60. The predicted octanol–water partition coefficient (Wildman–Crippen LogP) is 6.96. The van der Waals surface area contributed by atoms with Gasteiger partial charge in [-0.15, -0.1) is 0 Å². The van der Waals surface area contributed by atoms with E-state index in [1.807, 2.05) is 0 Å². The molecule has 0 aromatic heterocycles. The molecule has 0 spiro atoms. The fourth-order valence-corrected chi connectivity index (χ4v) is 4.35. The van der Waals surface area contributed by atoms with E-state index >= 15 is 0 Å². The Kier molecular flexibility index (Phi) is 5.75. The molecule has 0 radical (unpaired) electrons. The Balaban J connectivity index is 2.48. The van der Waals surface area contributed by atoms with Crippen molar-refractivity contribution in [2.24, 2.45) is 0 Å². The van der Waals surface area contributed by atoms with Crippen LogP contribution < -0.4 is 0 Å². The molecule has 0 heterocycles. The zero-order chi connectivity index (χ0) is 17.1. The van der Waals surface area contributed by atoms with E-state index in [0.29, 0.717) is 0 Å². The van der Waals surface area contributed by atoms with Gasteiger partial charge < -0.3 is 4.43 Å². The van der Waals surface area contributed by atoms with Crippen LogP contribution in [0.1, 0.15) is 45.6 Å². The van der Waals surface area contributed by atoms with Crippen LogP contribution in [-0.2, 0) is 10.0 Å². The molecule has 0 fully saturated rings. The minimum absolute atomic E-state index is 0.190. The van der Waals surface area contributed by atoms with Crippen molar-refractivity contribution in [2.75, 3.05) is 0 Å². The second-order valence-corrected chi connectivity index (χ2v) is 13.6. The predicted molar refractivity (Wildman–Crippen MR) is 106 cm³/mol. The van der Waals surface area contributed by atoms with Gasteiger partial charge in [0.05, 0.1) is 0 Å². The van der Waals surface area contributed by atoms with E-state index in [9.17, 15) is 0 Å². The number of hydrogen-bond acceptors (Lipinski definition) is 1. The molecule has 23 heavy (non-hydrogen) atoms. The number of halogens is 1. The van der Waals surface area contributed by atoms with Crippen molar-refractivity contribution < 1.29 is 4.43 Å². The molecule has 1 aliphatic rings. The van der Waals surface area contributed by atoms with Crippen LogP contribution in [0.15, 0.2) is 53.0 Å². The lowest BCUT2D eigenvalue weighted by Crippen LogP contribution is -2.47. The second kappa shape index (κ2) is 7.08. The van der Waals surface area contributed by atoms with Gasteiger partial charge in [-0.1, -0.05) is 73.1 Å². The highest BCUT2D eigenvalue weighted by atomic mass is 79.9. The van der Waals surface area contributed by atoms with Crippen molar-refractivity contribution in [3.8, 4) is 0 Å². The van der Waals surface area contributed by atoms with E-state index in [1.165, 1.54) is 5.56 Å². The summed E-state index contributed by atoms with van der Waals surface area (Å²) < 4.78 is 8.08. The van der Waals surface area contributed by atoms with Gasteiger partial charge in [-0.2, -0.15) is 0 Å². The Hall–Kier alpha value is -0.643. The summed E-state index contributed by atoms with van der Waals surface area (Å²) in [4.78, 5) is 0. The van der Waals surface area contributed by atoms with E-state index < -0.39 is 8.32 Å². The molecule has 1 aliphatic carbocycles. The third-order valence-electron chi connectivity index (χ3n) is 5.05. The van der Waals surface area contributed by atoms with Crippen LogP contribution in [0.25, 0.3) is 0 Å². The molecule has 0 saturated carbocycles. The third-order valence-corrected chi connectivity index (χ3v) is 10.1. The molecular formula is C20H29BrOSi. The maximum atomic E-state index is 6.98. The highest BCUT2D eigenvalue weighted by Gasteiger charge is 2.44. The largest absolute Gasteiger partial charge is 0.404 e. The van der Waals surface area contributed by atoms with Crippen molar-refractivity contribution in [1.29, 1.82) is 0 Å². The number of hydrogen-bond donors (Lipinski definition) is 0. The smallest absolute Gasteiger partial charge is 0.193 e. The van der Waals surface area contributed by atoms with Crippen LogP contribution in [0.5, 0.6) is 0 Å². The van der Waals surface area contributed by atoms with Crippen molar-refractivity contribution >= 4 is 24.2 Å². The Morgan fingerprint density at radius 3 is 2.22 bits per heavy atom. The first-order chi connectivity index (χ1) is 10.7. The first-order valence-electron chi connectivity index (χ1n) is 8.45. The van der Waals surface area contributed by atoms with Crippen LogP contribution in [0, 0.1) is 0 Å². The summed E-state index contributed by atoms with van der Waals surface area (Å²) in [6.45, 7) is 11.6. The van der Waals surface area contributed by atoms with E-state index in [2.05, 4.69) is 98.4 Å². The van der Waals surface area contributed by atoms with E-state index in [-0.39, 0.29) is 10.6 Å². The number of rotatable bonds is 3. The number of benzene rings is 1. The molecule has 126 valence electrons. The molecule has 1 nitrogen and oxygen atoms in total. The zero-order valence-electron chi connectivity index (χ0n) is 15.0. The van der Waals surface area contributed by atoms with Crippen LogP contribution in [0.2, 0.25) is 18.1 Å². The van der Waals surface area contributed by atoms with Gasteiger partial charge in [0.1, 0.15) is 5.60 Å². The van der Waals surface area contributed by atoms with Gasteiger partial charge in [0, 0.05) is 10.9 Å². The van der Waals surface area contributed by atoms with Crippen LogP contribution in [0.4, 0.5) is 0 Å². The fraction of sp³-hybridized carbons (Fsp3) is 0.500. The van der Waals surface area contributed by atoms with E-state index in [4.69, 9.17) is 4.43 Å². The Labute approximate surface area is 151 Å². The maximum Gasteiger partial charge on any atom is 0.193 e. The van der Waals surface area contributed by atoms with E-state index in [0.717, 1.165) is 23.7 Å². The summed E-state index contributed by atoms with van der Waals surface area (Å²) in [5.41, 5.74) is 0.897. The monoisotopic (exact) mass is 392 g/mol. The van der Waals surface area contributed by atoms with Crippen molar-refractivity contribution in [1.82, 2.24) is 0 Å². The second-order valence-electron chi connectivity index (χ2n) is 7.91. The van der Waals surface area contributed by atoms with E-state index in [1.54, 1.807) is 0 Å². The average molecular weight is 393 g/mol. The van der Waals surface area contributed by atoms with Gasteiger partial charge >= 0.3 is 0 Å². The molecule has 1 aromatic rings. The molecule has 1 atom stereocenters. The lowest BCUT2D eigenvalue weighted by Gasteiger charge is -2.45. The molecule has 0 N–H and O–H groups in total. The summed E-state index contributed by atoms with van der Waals surface area (Å²) >= 11 is 3.54. The summed E-state index contributed by atoms with van der Waals surface area (Å²) in [6, 6.07) is 8.61. The first kappa shape index (κ1) is 18.7. The van der Waals surface area contributed by atoms with Crippen molar-refractivity contribution in [2.45, 2.75) is 63.8 Å². The highest BCUT2D eigenvalue weighted by molar-refractivity contribution is 9.10. The Bertz CT molecular complexity index is 581. The first-order valence-corrected chi connectivity index (χ1v) is 12.2. The zero-order valence-corrected chi connectivity index (χ0v) is 17.6. The van der Waals surface area contributed by atoms with Crippen LogP contribution in [0.3, 0.4) is 0 Å². The summed E-state index contributed by atoms with van der Waals surface area (Å²) in [6.07, 6.45) is 12.3. The Morgan fingerprint density at radius 2 is 1.61 bits per heavy atom. The summed E-state index contributed by atoms with van der Waals surface area (Å²) in [5.74, 6) is 0. The lowest BCUT2D eigenvalue weighted by atomic mass is 9.88. The standard InChI is InChI=1S/C20H29BrOSi/c1-19(2,3)23(4,5)22-20(15-9-7-6-8-10-16-20)17-11-13-18(21)14-12-17/h7,9-14,16H,6,8,15H2,1-5H3/b9-7-,16-10-. The number of allylic oxidation sites excluding steroid dienone is 2. The molecule has 2 rings (SSSR count).